The number of nitrogens with zero attached hydrogens (tertiary/aromatic N) is 1. The number of benzene rings is 1. The molecule has 108 valence electrons. The van der Waals surface area contributed by atoms with Crippen molar-refractivity contribution in [3.8, 4) is 0 Å². The summed E-state index contributed by atoms with van der Waals surface area (Å²) >= 11 is 1.14. The first-order valence-electron chi connectivity index (χ1n) is 6.37. The summed E-state index contributed by atoms with van der Waals surface area (Å²) in [6.45, 7) is 2.52. The fourth-order valence-electron chi connectivity index (χ4n) is 2.28. The second-order valence-electron chi connectivity index (χ2n) is 4.94. The molecule has 1 aliphatic rings. The van der Waals surface area contributed by atoms with E-state index in [0.29, 0.717) is 11.4 Å². The summed E-state index contributed by atoms with van der Waals surface area (Å²) in [6, 6.07) is 6.29. The average Bonchev–Trinajstić information content (AvgIpc) is 2.80. The van der Waals surface area contributed by atoms with Gasteiger partial charge in [0.2, 0.25) is 5.91 Å². The van der Waals surface area contributed by atoms with Crippen molar-refractivity contribution in [2.45, 2.75) is 11.8 Å². The standard InChI is InChI=1S/C14H16FNO3S/c1-9-6-16(7-10(9)14(18)19)13(17)8-20-12-5-3-2-4-11(12)15/h2-5,9-10H,6-8H2,1H3,(H,18,19). The highest BCUT2D eigenvalue weighted by Crippen LogP contribution is 2.26. The second kappa shape index (κ2) is 6.26. The number of carboxylic acid groups (broad SMARTS) is 1. The van der Waals surface area contributed by atoms with E-state index in [1.807, 2.05) is 6.92 Å². The van der Waals surface area contributed by atoms with Crippen molar-refractivity contribution in [2.75, 3.05) is 18.8 Å². The Bertz CT molecular complexity index is 523. The average molecular weight is 297 g/mol. The highest BCUT2D eigenvalue weighted by atomic mass is 32.2. The first-order chi connectivity index (χ1) is 9.49. The molecule has 0 aliphatic carbocycles. The van der Waals surface area contributed by atoms with E-state index < -0.39 is 11.9 Å². The minimum absolute atomic E-state index is 0.0464. The van der Waals surface area contributed by atoms with E-state index in [4.69, 9.17) is 5.11 Å². The van der Waals surface area contributed by atoms with Gasteiger partial charge in [-0.2, -0.15) is 0 Å². The molecule has 1 heterocycles. The molecule has 1 saturated heterocycles. The van der Waals surface area contributed by atoms with Crippen LogP contribution >= 0.6 is 11.8 Å². The van der Waals surface area contributed by atoms with E-state index >= 15 is 0 Å². The van der Waals surface area contributed by atoms with Crippen molar-refractivity contribution < 1.29 is 19.1 Å². The van der Waals surface area contributed by atoms with Crippen LogP contribution in [0.25, 0.3) is 0 Å². The molecule has 4 nitrogen and oxygen atoms in total. The molecule has 0 bridgehead atoms. The Morgan fingerprint density at radius 1 is 1.40 bits per heavy atom. The SMILES string of the molecule is CC1CN(C(=O)CSc2ccccc2F)CC1C(=O)O. The van der Waals surface area contributed by atoms with Gasteiger partial charge in [0, 0.05) is 18.0 Å². The van der Waals surface area contributed by atoms with Crippen LogP contribution in [0.2, 0.25) is 0 Å². The molecule has 1 amide bonds. The highest BCUT2D eigenvalue weighted by Gasteiger charge is 2.36. The number of likely N-dealkylation sites (tertiary alicyclic amines) is 1. The van der Waals surface area contributed by atoms with Crippen molar-refractivity contribution in [2.24, 2.45) is 11.8 Å². The van der Waals surface area contributed by atoms with Gasteiger partial charge in [-0.25, -0.2) is 4.39 Å². The van der Waals surface area contributed by atoms with E-state index in [-0.39, 0.29) is 29.9 Å². The van der Waals surface area contributed by atoms with Crippen molar-refractivity contribution in [3.63, 3.8) is 0 Å². The molecule has 2 rings (SSSR count). The first kappa shape index (κ1) is 14.8. The van der Waals surface area contributed by atoms with Gasteiger partial charge < -0.3 is 10.0 Å². The van der Waals surface area contributed by atoms with Crippen LogP contribution in [0.1, 0.15) is 6.92 Å². The molecule has 1 N–H and O–H groups in total. The van der Waals surface area contributed by atoms with Crippen LogP contribution in [0.4, 0.5) is 4.39 Å². The summed E-state index contributed by atoms with van der Waals surface area (Å²) in [6.07, 6.45) is 0. The number of hydrogen-bond donors (Lipinski definition) is 1. The summed E-state index contributed by atoms with van der Waals surface area (Å²) in [7, 11) is 0. The largest absolute Gasteiger partial charge is 0.481 e. The van der Waals surface area contributed by atoms with Crippen molar-refractivity contribution in [1.82, 2.24) is 4.90 Å². The summed E-state index contributed by atoms with van der Waals surface area (Å²) in [5.74, 6) is -1.78. The molecule has 2 unspecified atom stereocenters. The van der Waals surface area contributed by atoms with Crippen LogP contribution in [0.15, 0.2) is 29.2 Å². The summed E-state index contributed by atoms with van der Waals surface area (Å²) < 4.78 is 13.4. The maximum Gasteiger partial charge on any atom is 0.308 e. The van der Waals surface area contributed by atoms with E-state index in [2.05, 4.69) is 0 Å². The van der Waals surface area contributed by atoms with E-state index in [9.17, 15) is 14.0 Å². The molecule has 0 radical (unpaired) electrons. The van der Waals surface area contributed by atoms with Crippen molar-refractivity contribution in [1.29, 1.82) is 0 Å². The zero-order valence-electron chi connectivity index (χ0n) is 11.1. The topological polar surface area (TPSA) is 57.6 Å². The minimum atomic E-state index is -0.866. The zero-order chi connectivity index (χ0) is 14.7. The summed E-state index contributed by atoms with van der Waals surface area (Å²) in [5.41, 5.74) is 0. The number of thioether (sulfide) groups is 1. The van der Waals surface area contributed by atoms with Gasteiger partial charge in [0.15, 0.2) is 0 Å². The quantitative estimate of drug-likeness (QED) is 0.865. The molecule has 0 aromatic heterocycles. The van der Waals surface area contributed by atoms with Crippen LogP contribution in [0.5, 0.6) is 0 Å². The Labute approximate surface area is 121 Å². The Morgan fingerprint density at radius 2 is 2.10 bits per heavy atom. The summed E-state index contributed by atoms with van der Waals surface area (Å²) in [5, 5.41) is 9.03. The van der Waals surface area contributed by atoms with Gasteiger partial charge in [0.25, 0.3) is 0 Å². The molecule has 1 aromatic carbocycles. The Balaban J connectivity index is 1.90. The molecule has 0 saturated carbocycles. The number of amides is 1. The number of hydrogen-bond acceptors (Lipinski definition) is 3. The molecule has 0 spiro atoms. The first-order valence-corrected chi connectivity index (χ1v) is 7.35. The summed E-state index contributed by atoms with van der Waals surface area (Å²) in [4.78, 5) is 25.0. The van der Waals surface area contributed by atoms with Gasteiger partial charge in [-0.15, -0.1) is 11.8 Å². The van der Waals surface area contributed by atoms with Gasteiger partial charge in [0.1, 0.15) is 5.82 Å². The number of aliphatic carboxylic acids is 1. The number of carboxylic acids is 1. The molecular formula is C14H16FNO3S. The predicted octanol–water partition coefficient (Wildman–Crippen LogP) is 2.10. The lowest BCUT2D eigenvalue weighted by Gasteiger charge is -2.15. The predicted molar refractivity (Wildman–Crippen MR) is 74.0 cm³/mol. The van der Waals surface area contributed by atoms with Crippen LogP contribution in [-0.4, -0.2) is 40.7 Å². The zero-order valence-corrected chi connectivity index (χ0v) is 11.9. The number of carbonyl (C=O) groups excluding carboxylic acids is 1. The van der Waals surface area contributed by atoms with Crippen molar-refractivity contribution in [3.05, 3.63) is 30.1 Å². The van der Waals surface area contributed by atoms with Crippen LogP contribution < -0.4 is 0 Å². The second-order valence-corrected chi connectivity index (χ2v) is 5.96. The van der Waals surface area contributed by atoms with Crippen LogP contribution in [-0.2, 0) is 9.59 Å². The van der Waals surface area contributed by atoms with Crippen molar-refractivity contribution >= 4 is 23.6 Å². The molecule has 1 fully saturated rings. The molecular weight excluding hydrogens is 281 g/mol. The third-order valence-electron chi connectivity index (χ3n) is 3.47. The molecule has 1 aromatic rings. The lowest BCUT2D eigenvalue weighted by molar-refractivity contribution is -0.142. The Kier molecular flexibility index (Phi) is 4.65. The molecule has 2 atom stereocenters. The number of rotatable bonds is 4. The van der Waals surface area contributed by atoms with Gasteiger partial charge in [0.05, 0.1) is 11.7 Å². The monoisotopic (exact) mass is 297 g/mol. The fourth-order valence-corrected chi connectivity index (χ4v) is 3.13. The van der Waals surface area contributed by atoms with Gasteiger partial charge >= 0.3 is 5.97 Å². The number of carbonyl (C=O) groups is 2. The molecule has 20 heavy (non-hydrogen) atoms. The highest BCUT2D eigenvalue weighted by molar-refractivity contribution is 8.00. The van der Waals surface area contributed by atoms with Gasteiger partial charge in [-0.1, -0.05) is 19.1 Å². The third kappa shape index (κ3) is 3.30. The minimum Gasteiger partial charge on any atom is -0.481 e. The lowest BCUT2D eigenvalue weighted by Crippen LogP contribution is -2.31. The van der Waals surface area contributed by atoms with E-state index in [1.165, 1.54) is 6.07 Å². The fraction of sp³-hybridized carbons (Fsp3) is 0.429. The third-order valence-corrected chi connectivity index (χ3v) is 4.50. The maximum absolute atomic E-state index is 13.4. The normalized spacial score (nSPS) is 22.0. The lowest BCUT2D eigenvalue weighted by atomic mass is 9.99. The molecule has 1 aliphatic heterocycles. The van der Waals surface area contributed by atoms with Gasteiger partial charge in [-0.05, 0) is 18.1 Å². The number of halogens is 1. The van der Waals surface area contributed by atoms with E-state index in [0.717, 1.165) is 11.8 Å². The van der Waals surface area contributed by atoms with Crippen LogP contribution in [0, 0.1) is 17.7 Å². The smallest absolute Gasteiger partial charge is 0.308 e. The van der Waals surface area contributed by atoms with Crippen LogP contribution in [0.3, 0.4) is 0 Å². The Morgan fingerprint density at radius 3 is 2.70 bits per heavy atom. The Hall–Kier alpha value is -1.56. The van der Waals surface area contributed by atoms with Gasteiger partial charge in [-0.3, -0.25) is 9.59 Å². The van der Waals surface area contributed by atoms with E-state index in [1.54, 1.807) is 23.1 Å². The maximum atomic E-state index is 13.4. The molecule has 6 heteroatoms.